The average molecular weight is 232 g/mol. The molecule has 1 aromatic heterocycles. The Bertz CT molecular complexity index is 509. The lowest BCUT2D eigenvalue weighted by atomic mass is 10.2. The molecular weight excluding hydrogens is 220 g/mol. The third kappa shape index (κ3) is 1.55. The van der Waals surface area contributed by atoms with Crippen molar-refractivity contribution >= 4 is 22.2 Å². The fraction of sp³-hybridized carbons (Fsp3) is 0.250. The van der Waals surface area contributed by atoms with Gasteiger partial charge in [0.2, 0.25) is 0 Å². The second-order valence-corrected chi connectivity index (χ2v) is 4.93. The van der Waals surface area contributed by atoms with Gasteiger partial charge in [-0.15, -0.1) is 11.3 Å². The van der Waals surface area contributed by atoms with E-state index in [1.807, 2.05) is 24.4 Å². The lowest BCUT2D eigenvalue weighted by molar-refractivity contribution is 0.314. The van der Waals surface area contributed by atoms with E-state index in [9.17, 15) is 0 Å². The molecule has 82 valence electrons. The number of thiazole rings is 1. The largest absolute Gasteiger partial charge is 0.490 e. The molecule has 2 aromatic rings. The van der Waals surface area contributed by atoms with Crippen LogP contribution in [0.3, 0.4) is 0 Å². The molecule has 0 saturated carbocycles. The summed E-state index contributed by atoms with van der Waals surface area (Å²) >= 11 is 1.72. The van der Waals surface area contributed by atoms with Gasteiger partial charge >= 0.3 is 0 Å². The molecule has 0 amide bonds. The smallest absolute Gasteiger partial charge is 0.190 e. The molecule has 1 aromatic carbocycles. The van der Waals surface area contributed by atoms with Crippen LogP contribution in [0, 0.1) is 6.92 Å². The van der Waals surface area contributed by atoms with Crippen LogP contribution >= 0.6 is 11.3 Å². The van der Waals surface area contributed by atoms with Crippen LogP contribution in [0.2, 0.25) is 0 Å². The predicted molar refractivity (Wildman–Crippen MR) is 65.8 cm³/mol. The van der Waals surface area contributed by atoms with Crippen molar-refractivity contribution in [2.24, 2.45) is 0 Å². The van der Waals surface area contributed by atoms with Gasteiger partial charge in [0, 0.05) is 11.1 Å². The summed E-state index contributed by atoms with van der Waals surface area (Å²) in [5.41, 5.74) is 1.11. The van der Waals surface area contributed by atoms with E-state index in [0.29, 0.717) is 0 Å². The van der Waals surface area contributed by atoms with E-state index in [1.165, 1.54) is 4.88 Å². The van der Waals surface area contributed by atoms with E-state index >= 15 is 0 Å². The van der Waals surface area contributed by atoms with Crippen molar-refractivity contribution in [3.05, 3.63) is 35.3 Å². The number of ether oxygens (including phenoxy) is 1. The minimum absolute atomic E-state index is 0.718. The highest BCUT2D eigenvalue weighted by atomic mass is 32.1. The van der Waals surface area contributed by atoms with E-state index in [0.717, 1.165) is 29.7 Å². The lowest BCUT2D eigenvalue weighted by Crippen LogP contribution is -2.28. The summed E-state index contributed by atoms with van der Waals surface area (Å²) in [6.45, 7) is 3.66. The Balaban J connectivity index is 2.04. The highest BCUT2D eigenvalue weighted by molar-refractivity contribution is 7.15. The molecule has 0 N–H and O–H groups in total. The fourth-order valence-electron chi connectivity index (χ4n) is 1.84. The monoisotopic (exact) mass is 232 g/mol. The van der Waals surface area contributed by atoms with Crippen molar-refractivity contribution in [2.75, 3.05) is 18.1 Å². The molecule has 0 radical (unpaired) electrons. The number of fused-ring (bicyclic) bond motifs is 1. The summed E-state index contributed by atoms with van der Waals surface area (Å²) in [6, 6.07) is 8.10. The van der Waals surface area contributed by atoms with Crippen LogP contribution in [-0.2, 0) is 0 Å². The maximum absolute atomic E-state index is 5.62. The molecule has 3 nitrogen and oxygen atoms in total. The van der Waals surface area contributed by atoms with Gasteiger partial charge in [0.25, 0.3) is 0 Å². The summed E-state index contributed by atoms with van der Waals surface area (Å²) in [7, 11) is 0. The Hall–Kier alpha value is -1.55. The predicted octanol–water partition coefficient (Wildman–Crippen LogP) is 2.98. The van der Waals surface area contributed by atoms with E-state index in [4.69, 9.17) is 4.74 Å². The molecule has 2 heterocycles. The first-order valence-corrected chi connectivity index (χ1v) is 6.08. The van der Waals surface area contributed by atoms with Gasteiger partial charge in [-0.05, 0) is 19.1 Å². The second kappa shape index (κ2) is 3.79. The molecule has 0 bridgehead atoms. The van der Waals surface area contributed by atoms with Crippen molar-refractivity contribution < 1.29 is 4.74 Å². The number of benzene rings is 1. The summed E-state index contributed by atoms with van der Waals surface area (Å²) in [6.07, 6.45) is 1.91. The normalized spacial score (nSPS) is 14.4. The summed E-state index contributed by atoms with van der Waals surface area (Å²) in [5.74, 6) is 0.946. The first-order valence-electron chi connectivity index (χ1n) is 5.26. The zero-order valence-corrected chi connectivity index (χ0v) is 9.83. The molecule has 3 rings (SSSR count). The maximum Gasteiger partial charge on any atom is 0.190 e. The molecule has 0 spiro atoms. The quantitative estimate of drug-likeness (QED) is 0.755. The summed E-state index contributed by atoms with van der Waals surface area (Å²) < 4.78 is 5.62. The van der Waals surface area contributed by atoms with Gasteiger partial charge in [0.15, 0.2) is 5.13 Å². The number of aromatic nitrogens is 1. The van der Waals surface area contributed by atoms with Crippen LogP contribution in [0.1, 0.15) is 4.88 Å². The first-order chi connectivity index (χ1) is 7.84. The van der Waals surface area contributed by atoms with Crippen LogP contribution in [0.4, 0.5) is 10.8 Å². The van der Waals surface area contributed by atoms with Crippen molar-refractivity contribution in [2.45, 2.75) is 6.92 Å². The molecule has 4 heteroatoms. The molecule has 16 heavy (non-hydrogen) atoms. The zero-order chi connectivity index (χ0) is 11.0. The number of para-hydroxylation sites is 2. The van der Waals surface area contributed by atoms with Crippen LogP contribution in [-0.4, -0.2) is 18.1 Å². The average Bonchev–Trinajstić information content (AvgIpc) is 2.75. The van der Waals surface area contributed by atoms with E-state index in [-0.39, 0.29) is 0 Å². The highest BCUT2D eigenvalue weighted by Crippen LogP contribution is 2.37. The van der Waals surface area contributed by atoms with Crippen molar-refractivity contribution in [1.82, 2.24) is 4.98 Å². The van der Waals surface area contributed by atoms with Gasteiger partial charge in [-0.3, -0.25) is 0 Å². The van der Waals surface area contributed by atoms with Gasteiger partial charge < -0.3 is 9.64 Å². The Kier molecular flexibility index (Phi) is 2.29. The zero-order valence-electron chi connectivity index (χ0n) is 9.01. The van der Waals surface area contributed by atoms with Gasteiger partial charge in [-0.25, -0.2) is 4.98 Å². The number of hydrogen-bond donors (Lipinski definition) is 0. The Morgan fingerprint density at radius 2 is 2.25 bits per heavy atom. The number of rotatable bonds is 1. The van der Waals surface area contributed by atoms with Crippen LogP contribution in [0.15, 0.2) is 30.5 Å². The molecule has 1 aliphatic rings. The van der Waals surface area contributed by atoms with Crippen LogP contribution < -0.4 is 9.64 Å². The minimum atomic E-state index is 0.718. The molecule has 0 saturated heterocycles. The van der Waals surface area contributed by atoms with Crippen molar-refractivity contribution in [1.29, 1.82) is 0 Å². The number of anilines is 2. The Morgan fingerprint density at radius 1 is 1.38 bits per heavy atom. The van der Waals surface area contributed by atoms with E-state index in [1.54, 1.807) is 11.3 Å². The Morgan fingerprint density at radius 3 is 3.06 bits per heavy atom. The molecule has 0 unspecified atom stereocenters. The standard InChI is InChI=1S/C12H12N2OS/c1-9-8-13-12(16-9)14-6-7-15-11-5-3-2-4-10(11)14/h2-5,8H,6-7H2,1H3. The highest BCUT2D eigenvalue weighted by Gasteiger charge is 2.20. The van der Waals surface area contributed by atoms with Crippen molar-refractivity contribution in [3.8, 4) is 5.75 Å². The number of nitrogens with zero attached hydrogens (tertiary/aromatic N) is 2. The fourth-order valence-corrected chi connectivity index (χ4v) is 2.63. The van der Waals surface area contributed by atoms with Gasteiger partial charge in [-0.1, -0.05) is 12.1 Å². The topological polar surface area (TPSA) is 25.4 Å². The van der Waals surface area contributed by atoms with Crippen LogP contribution in [0.25, 0.3) is 0 Å². The molecule has 0 atom stereocenters. The Labute approximate surface area is 98.3 Å². The van der Waals surface area contributed by atoms with Gasteiger partial charge in [0.1, 0.15) is 12.4 Å². The minimum Gasteiger partial charge on any atom is -0.490 e. The molecule has 1 aliphatic heterocycles. The van der Waals surface area contributed by atoms with Gasteiger partial charge in [-0.2, -0.15) is 0 Å². The van der Waals surface area contributed by atoms with E-state index in [2.05, 4.69) is 22.9 Å². The summed E-state index contributed by atoms with van der Waals surface area (Å²) in [5, 5.41) is 1.05. The summed E-state index contributed by atoms with van der Waals surface area (Å²) in [4.78, 5) is 7.88. The first kappa shape index (κ1) is 9.66. The van der Waals surface area contributed by atoms with Gasteiger partial charge in [0.05, 0.1) is 12.2 Å². The number of aryl methyl sites for hydroxylation is 1. The molecule has 0 fully saturated rings. The number of hydrogen-bond acceptors (Lipinski definition) is 4. The SMILES string of the molecule is Cc1cnc(N2CCOc3ccccc32)s1. The van der Waals surface area contributed by atoms with E-state index < -0.39 is 0 Å². The third-order valence-corrected chi connectivity index (χ3v) is 3.50. The molecule has 0 aliphatic carbocycles. The lowest BCUT2D eigenvalue weighted by Gasteiger charge is -2.28. The third-order valence-electron chi connectivity index (χ3n) is 2.57. The van der Waals surface area contributed by atoms with Crippen LogP contribution in [0.5, 0.6) is 5.75 Å². The molecular formula is C12H12N2OS. The van der Waals surface area contributed by atoms with Crippen molar-refractivity contribution in [3.63, 3.8) is 0 Å². The maximum atomic E-state index is 5.62. The second-order valence-electron chi connectivity index (χ2n) is 3.72.